The zero-order chi connectivity index (χ0) is 19.7. The maximum atomic E-state index is 13.0. The van der Waals surface area contributed by atoms with Gasteiger partial charge in [-0.1, -0.05) is 29.8 Å². The molecule has 4 rings (SSSR count). The lowest BCUT2D eigenvalue weighted by molar-refractivity contribution is 0.0948. The minimum absolute atomic E-state index is 0.0577. The maximum Gasteiger partial charge on any atom is 0.257 e. The number of nitrogens with zero attached hydrogens (tertiary/aromatic N) is 1. The van der Waals surface area contributed by atoms with E-state index < -0.39 is 11.3 Å². The molecule has 1 amide bonds. The molecule has 28 heavy (non-hydrogen) atoms. The third-order valence-corrected chi connectivity index (χ3v) is 5.00. The number of pyridine rings is 1. The van der Waals surface area contributed by atoms with Crippen LogP contribution in [0.4, 0.5) is 0 Å². The second kappa shape index (κ2) is 7.56. The van der Waals surface area contributed by atoms with E-state index in [2.05, 4.69) is 5.32 Å². The number of rotatable bonds is 5. The Labute approximate surface area is 166 Å². The normalized spacial score (nSPS) is 12.5. The van der Waals surface area contributed by atoms with E-state index in [4.69, 9.17) is 21.1 Å². The highest BCUT2D eigenvalue weighted by molar-refractivity contribution is 6.35. The molecule has 6 nitrogen and oxygen atoms in total. The van der Waals surface area contributed by atoms with Crippen molar-refractivity contribution in [1.29, 1.82) is 0 Å². The Morgan fingerprint density at radius 3 is 2.93 bits per heavy atom. The highest BCUT2D eigenvalue weighted by atomic mass is 35.5. The quantitative estimate of drug-likeness (QED) is 0.715. The first-order valence-corrected chi connectivity index (χ1v) is 9.45. The van der Waals surface area contributed by atoms with Gasteiger partial charge in [-0.2, -0.15) is 0 Å². The first kappa shape index (κ1) is 18.4. The summed E-state index contributed by atoms with van der Waals surface area (Å²) in [5.41, 5.74) is 1.12. The molecule has 1 aliphatic heterocycles. The van der Waals surface area contributed by atoms with Crippen molar-refractivity contribution < 1.29 is 14.3 Å². The fourth-order valence-corrected chi connectivity index (χ4v) is 3.63. The van der Waals surface area contributed by atoms with Gasteiger partial charge in [0.15, 0.2) is 0 Å². The van der Waals surface area contributed by atoms with Gasteiger partial charge < -0.3 is 19.4 Å². The van der Waals surface area contributed by atoms with Crippen LogP contribution in [0.5, 0.6) is 11.5 Å². The Balaban J connectivity index is 1.68. The van der Waals surface area contributed by atoms with Gasteiger partial charge in [-0.25, -0.2) is 0 Å². The molecule has 0 saturated heterocycles. The van der Waals surface area contributed by atoms with Crippen LogP contribution in [0, 0.1) is 0 Å². The summed E-state index contributed by atoms with van der Waals surface area (Å²) in [6.45, 7) is 3.69. The summed E-state index contributed by atoms with van der Waals surface area (Å²) in [6, 6.07) is 10.8. The molecule has 144 valence electrons. The molecule has 2 heterocycles. The standard InChI is InChI=1S/C21H19ClN2O4/c1-2-27-16-6-4-3-5-13(16)11-23-21(26)14-12-24-9-10-28-17-8-7-15(22)18(19(17)24)20(14)25/h3-8,12H,2,9-11H2,1H3,(H,23,26). The smallest absolute Gasteiger partial charge is 0.257 e. The van der Waals surface area contributed by atoms with E-state index in [0.29, 0.717) is 47.2 Å². The van der Waals surface area contributed by atoms with Crippen molar-refractivity contribution in [3.63, 3.8) is 0 Å². The molecule has 1 N–H and O–H groups in total. The van der Waals surface area contributed by atoms with Crippen LogP contribution in [0.3, 0.4) is 0 Å². The van der Waals surface area contributed by atoms with E-state index in [1.54, 1.807) is 18.3 Å². The lowest BCUT2D eigenvalue weighted by Gasteiger charge is -2.22. The van der Waals surface area contributed by atoms with Crippen molar-refractivity contribution in [1.82, 2.24) is 9.88 Å². The molecule has 1 aliphatic rings. The minimum Gasteiger partial charge on any atom is -0.494 e. The summed E-state index contributed by atoms with van der Waals surface area (Å²) >= 11 is 6.28. The van der Waals surface area contributed by atoms with Gasteiger partial charge in [-0.05, 0) is 25.1 Å². The second-order valence-electron chi connectivity index (χ2n) is 6.41. The Hall–Kier alpha value is -2.99. The number of halogens is 1. The van der Waals surface area contributed by atoms with Crippen LogP contribution < -0.4 is 20.2 Å². The van der Waals surface area contributed by atoms with Crippen molar-refractivity contribution in [2.24, 2.45) is 0 Å². The van der Waals surface area contributed by atoms with Crippen LogP contribution in [0.1, 0.15) is 22.8 Å². The van der Waals surface area contributed by atoms with Crippen LogP contribution in [0.25, 0.3) is 10.9 Å². The number of ether oxygens (including phenoxy) is 2. The van der Waals surface area contributed by atoms with Crippen molar-refractivity contribution in [2.75, 3.05) is 13.2 Å². The van der Waals surface area contributed by atoms with Crippen LogP contribution in [0.2, 0.25) is 5.02 Å². The van der Waals surface area contributed by atoms with Gasteiger partial charge in [0.05, 0.1) is 29.1 Å². The van der Waals surface area contributed by atoms with Gasteiger partial charge in [0.2, 0.25) is 5.43 Å². The number of para-hydroxylation sites is 1. The summed E-state index contributed by atoms with van der Waals surface area (Å²) in [5, 5.41) is 3.43. The number of carbonyl (C=O) groups excluding carboxylic acids is 1. The molecule has 0 spiro atoms. The summed E-state index contributed by atoms with van der Waals surface area (Å²) in [5.74, 6) is 0.857. The second-order valence-corrected chi connectivity index (χ2v) is 6.81. The van der Waals surface area contributed by atoms with Gasteiger partial charge in [0, 0.05) is 18.3 Å². The van der Waals surface area contributed by atoms with Crippen molar-refractivity contribution >= 4 is 28.4 Å². The zero-order valence-electron chi connectivity index (χ0n) is 15.3. The summed E-state index contributed by atoms with van der Waals surface area (Å²) < 4.78 is 13.0. The highest BCUT2D eigenvalue weighted by Gasteiger charge is 2.22. The van der Waals surface area contributed by atoms with Crippen molar-refractivity contribution in [3.8, 4) is 11.5 Å². The van der Waals surface area contributed by atoms with Gasteiger partial charge in [0.25, 0.3) is 5.91 Å². The van der Waals surface area contributed by atoms with Gasteiger partial charge in [0.1, 0.15) is 23.7 Å². The average Bonchev–Trinajstić information content (AvgIpc) is 2.71. The van der Waals surface area contributed by atoms with Crippen LogP contribution in [-0.4, -0.2) is 23.7 Å². The van der Waals surface area contributed by atoms with Gasteiger partial charge in [-0.15, -0.1) is 0 Å². The van der Waals surface area contributed by atoms with Crippen molar-refractivity contribution in [2.45, 2.75) is 20.0 Å². The number of hydrogen-bond donors (Lipinski definition) is 1. The number of hydrogen-bond acceptors (Lipinski definition) is 4. The largest absolute Gasteiger partial charge is 0.494 e. The lowest BCUT2D eigenvalue weighted by Crippen LogP contribution is -2.31. The monoisotopic (exact) mass is 398 g/mol. The molecular weight excluding hydrogens is 380 g/mol. The zero-order valence-corrected chi connectivity index (χ0v) is 16.1. The molecule has 0 radical (unpaired) electrons. The first-order chi connectivity index (χ1) is 13.6. The molecule has 1 aromatic heterocycles. The fraction of sp³-hybridized carbons (Fsp3) is 0.238. The first-order valence-electron chi connectivity index (χ1n) is 9.07. The van der Waals surface area contributed by atoms with E-state index in [1.807, 2.05) is 35.8 Å². The molecule has 0 unspecified atom stereocenters. The van der Waals surface area contributed by atoms with E-state index in [0.717, 1.165) is 5.56 Å². The molecule has 0 saturated carbocycles. The number of aromatic nitrogens is 1. The lowest BCUT2D eigenvalue weighted by atomic mass is 10.1. The number of amides is 1. The number of benzene rings is 2. The molecule has 0 atom stereocenters. The Bertz CT molecular complexity index is 1120. The van der Waals surface area contributed by atoms with Gasteiger partial charge in [-0.3, -0.25) is 9.59 Å². The molecule has 0 bridgehead atoms. The molecular formula is C21H19ClN2O4. The fourth-order valence-electron chi connectivity index (χ4n) is 3.39. The predicted octanol–water partition coefficient (Wildman–Crippen LogP) is 3.38. The third kappa shape index (κ3) is 3.20. The Morgan fingerprint density at radius 2 is 2.11 bits per heavy atom. The molecule has 3 aromatic rings. The molecule has 7 heteroatoms. The van der Waals surface area contributed by atoms with Crippen LogP contribution in [0.15, 0.2) is 47.4 Å². The SMILES string of the molecule is CCOc1ccccc1CNC(=O)c1cn2c3c(ccc(Cl)c3c1=O)OCC2. The van der Waals surface area contributed by atoms with E-state index in [9.17, 15) is 9.59 Å². The van der Waals surface area contributed by atoms with Crippen LogP contribution >= 0.6 is 11.6 Å². The van der Waals surface area contributed by atoms with E-state index in [1.165, 1.54) is 0 Å². The topological polar surface area (TPSA) is 69.6 Å². The highest BCUT2D eigenvalue weighted by Crippen LogP contribution is 2.32. The van der Waals surface area contributed by atoms with Crippen molar-refractivity contribution in [3.05, 3.63) is 69.0 Å². The summed E-state index contributed by atoms with van der Waals surface area (Å²) in [6.07, 6.45) is 1.58. The minimum atomic E-state index is -0.449. The van der Waals surface area contributed by atoms with Gasteiger partial charge >= 0.3 is 0 Å². The van der Waals surface area contributed by atoms with Crippen LogP contribution in [-0.2, 0) is 13.1 Å². The average molecular weight is 399 g/mol. The Morgan fingerprint density at radius 1 is 1.29 bits per heavy atom. The maximum absolute atomic E-state index is 13.0. The number of carbonyl (C=O) groups is 1. The Kier molecular flexibility index (Phi) is 4.96. The van der Waals surface area contributed by atoms with E-state index >= 15 is 0 Å². The molecule has 0 aliphatic carbocycles. The number of nitrogens with one attached hydrogen (secondary N) is 1. The summed E-state index contributed by atoms with van der Waals surface area (Å²) in [7, 11) is 0. The molecule has 2 aromatic carbocycles. The molecule has 0 fully saturated rings. The predicted molar refractivity (Wildman–Crippen MR) is 107 cm³/mol. The van der Waals surface area contributed by atoms with E-state index in [-0.39, 0.29) is 12.1 Å². The summed E-state index contributed by atoms with van der Waals surface area (Å²) in [4.78, 5) is 25.8. The third-order valence-electron chi connectivity index (χ3n) is 4.68.